The molecule has 1 amide bonds. The molecular formula is C15H25NO3. The zero-order chi connectivity index (χ0) is 13.5. The third-order valence-corrected chi connectivity index (χ3v) is 4.25. The number of hydrogen-bond acceptors (Lipinski definition) is 3. The molecule has 2 rings (SSSR count). The zero-order valence-electron chi connectivity index (χ0n) is 11.7. The minimum absolute atomic E-state index is 0.0262. The summed E-state index contributed by atoms with van der Waals surface area (Å²) in [6, 6.07) is 0. The van der Waals surface area contributed by atoms with E-state index in [-0.39, 0.29) is 18.5 Å². The summed E-state index contributed by atoms with van der Waals surface area (Å²) in [5.41, 5.74) is 0. The van der Waals surface area contributed by atoms with Crippen LogP contribution in [0.15, 0.2) is 0 Å². The van der Waals surface area contributed by atoms with Crippen LogP contribution in [0, 0.1) is 5.92 Å². The molecule has 1 saturated carbocycles. The van der Waals surface area contributed by atoms with E-state index in [1.165, 1.54) is 25.7 Å². The van der Waals surface area contributed by atoms with E-state index >= 15 is 0 Å². The summed E-state index contributed by atoms with van der Waals surface area (Å²) in [5, 5.41) is 0. The van der Waals surface area contributed by atoms with Crippen LogP contribution < -0.4 is 0 Å². The second-order valence-corrected chi connectivity index (χ2v) is 5.81. The van der Waals surface area contributed by atoms with E-state index in [4.69, 9.17) is 4.74 Å². The predicted molar refractivity (Wildman–Crippen MR) is 72.6 cm³/mol. The van der Waals surface area contributed by atoms with Gasteiger partial charge in [0.25, 0.3) is 5.91 Å². The first kappa shape index (κ1) is 14.4. The molecule has 0 aromatic carbocycles. The Morgan fingerprint density at radius 3 is 2.21 bits per heavy atom. The van der Waals surface area contributed by atoms with Gasteiger partial charge in [-0.1, -0.05) is 25.7 Å². The summed E-state index contributed by atoms with van der Waals surface area (Å²) in [6.07, 6.45) is 9.76. The van der Waals surface area contributed by atoms with Crippen LogP contribution in [0.2, 0.25) is 0 Å². The van der Waals surface area contributed by atoms with Crippen molar-refractivity contribution in [3.8, 4) is 0 Å². The van der Waals surface area contributed by atoms with Crippen LogP contribution in [0.5, 0.6) is 0 Å². The summed E-state index contributed by atoms with van der Waals surface area (Å²) in [6.45, 7) is 1.57. The summed E-state index contributed by atoms with van der Waals surface area (Å²) < 4.78 is 5.13. The Morgan fingerprint density at radius 1 is 0.947 bits per heavy atom. The fourth-order valence-corrected chi connectivity index (χ4v) is 3.06. The SMILES string of the molecule is O=C(CC1CCCC1)OCC(=O)N1CCCCCC1. The lowest BCUT2D eigenvalue weighted by molar-refractivity contribution is -0.152. The molecule has 0 spiro atoms. The molecule has 0 atom stereocenters. The van der Waals surface area contributed by atoms with Gasteiger partial charge >= 0.3 is 5.97 Å². The number of hydrogen-bond donors (Lipinski definition) is 0. The van der Waals surface area contributed by atoms with Gasteiger partial charge < -0.3 is 9.64 Å². The third-order valence-electron chi connectivity index (χ3n) is 4.25. The van der Waals surface area contributed by atoms with Gasteiger partial charge in [-0.05, 0) is 31.6 Å². The lowest BCUT2D eigenvalue weighted by atomic mass is 10.0. The van der Waals surface area contributed by atoms with Gasteiger partial charge in [-0.3, -0.25) is 9.59 Å². The Kier molecular flexibility index (Phi) is 5.67. The van der Waals surface area contributed by atoms with Crippen molar-refractivity contribution in [3.05, 3.63) is 0 Å². The second kappa shape index (κ2) is 7.51. The zero-order valence-corrected chi connectivity index (χ0v) is 11.7. The topological polar surface area (TPSA) is 46.6 Å². The fourth-order valence-electron chi connectivity index (χ4n) is 3.06. The third kappa shape index (κ3) is 4.84. The van der Waals surface area contributed by atoms with Crippen LogP contribution in [0.3, 0.4) is 0 Å². The van der Waals surface area contributed by atoms with Crippen LogP contribution in [-0.2, 0) is 14.3 Å². The monoisotopic (exact) mass is 267 g/mol. The highest BCUT2D eigenvalue weighted by atomic mass is 16.5. The Bertz CT molecular complexity index is 303. The Balaban J connectivity index is 1.65. The first-order valence-corrected chi connectivity index (χ1v) is 7.69. The molecule has 1 heterocycles. The van der Waals surface area contributed by atoms with Crippen molar-refractivity contribution in [2.45, 2.75) is 57.8 Å². The van der Waals surface area contributed by atoms with Gasteiger partial charge in [-0.2, -0.15) is 0 Å². The molecule has 2 fully saturated rings. The highest BCUT2D eigenvalue weighted by Crippen LogP contribution is 2.27. The van der Waals surface area contributed by atoms with E-state index in [1.807, 2.05) is 4.90 Å². The summed E-state index contributed by atoms with van der Waals surface area (Å²) in [7, 11) is 0. The minimum atomic E-state index is -0.199. The van der Waals surface area contributed by atoms with Gasteiger partial charge in [0.1, 0.15) is 0 Å². The van der Waals surface area contributed by atoms with Crippen molar-refractivity contribution in [3.63, 3.8) is 0 Å². The molecule has 0 aromatic heterocycles. The molecule has 2 aliphatic rings. The number of carbonyl (C=O) groups is 2. The number of esters is 1. The molecule has 108 valence electrons. The van der Waals surface area contributed by atoms with Crippen LogP contribution in [0.25, 0.3) is 0 Å². The number of nitrogens with zero attached hydrogens (tertiary/aromatic N) is 1. The molecule has 4 nitrogen and oxygen atoms in total. The van der Waals surface area contributed by atoms with Gasteiger partial charge in [0.2, 0.25) is 0 Å². The van der Waals surface area contributed by atoms with Crippen molar-refractivity contribution in [1.29, 1.82) is 0 Å². The van der Waals surface area contributed by atoms with Gasteiger partial charge in [0.05, 0.1) is 0 Å². The number of amides is 1. The fraction of sp³-hybridized carbons (Fsp3) is 0.867. The van der Waals surface area contributed by atoms with Crippen LogP contribution in [0.1, 0.15) is 57.8 Å². The standard InChI is InChI=1S/C15H25NO3/c17-14(16-9-5-1-2-6-10-16)12-19-15(18)11-13-7-3-4-8-13/h13H,1-12H2. The van der Waals surface area contributed by atoms with Gasteiger partial charge in [0.15, 0.2) is 6.61 Å². The minimum Gasteiger partial charge on any atom is -0.456 e. The maximum Gasteiger partial charge on any atom is 0.306 e. The number of likely N-dealkylation sites (tertiary alicyclic amines) is 1. The normalized spacial score (nSPS) is 21.2. The molecule has 0 N–H and O–H groups in total. The van der Waals surface area contributed by atoms with Crippen molar-refractivity contribution in [2.24, 2.45) is 5.92 Å². The molecule has 4 heteroatoms. The van der Waals surface area contributed by atoms with Gasteiger partial charge in [-0.25, -0.2) is 0 Å². The van der Waals surface area contributed by atoms with Gasteiger partial charge in [0, 0.05) is 19.5 Å². The first-order chi connectivity index (χ1) is 9.25. The van der Waals surface area contributed by atoms with Crippen LogP contribution >= 0.6 is 0 Å². The number of rotatable bonds is 4. The van der Waals surface area contributed by atoms with Crippen molar-refractivity contribution < 1.29 is 14.3 Å². The molecule has 0 aromatic rings. The molecule has 19 heavy (non-hydrogen) atoms. The van der Waals surface area contributed by atoms with E-state index in [0.29, 0.717) is 12.3 Å². The van der Waals surface area contributed by atoms with E-state index < -0.39 is 0 Å². The predicted octanol–water partition coefficient (Wildman–Crippen LogP) is 2.51. The Hall–Kier alpha value is -1.06. The quantitative estimate of drug-likeness (QED) is 0.735. The molecule has 1 saturated heterocycles. The Morgan fingerprint density at radius 2 is 1.58 bits per heavy atom. The lowest BCUT2D eigenvalue weighted by Crippen LogP contribution is -2.35. The van der Waals surface area contributed by atoms with Crippen molar-refractivity contribution >= 4 is 11.9 Å². The average molecular weight is 267 g/mol. The molecular weight excluding hydrogens is 242 g/mol. The Labute approximate surface area is 115 Å². The van der Waals surface area contributed by atoms with Gasteiger partial charge in [-0.15, -0.1) is 0 Å². The summed E-state index contributed by atoms with van der Waals surface area (Å²) in [4.78, 5) is 25.4. The van der Waals surface area contributed by atoms with Crippen molar-refractivity contribution in [2.75, 3.05) is 19.7 Å². The number of ether oxygens (including phenoxy) is 1. The van der Waals surface area contributed by atoms with Crippen LogP contribution in [0.4, 0.5) is 0 Å². The lowest BCUT2D eigenvalue weighted by Gasteiger charge is -2.20. The summed E-state index contributed by atoms with van der Waals surface area (Å²) >= 11 is 0. The molecule has 1 aliphatic heterocycles. The largest absolute Gasteiger partial charge is 0.456 e. The molecule has 1 aliphatic carbocycles. The average Bonchev–Trinajstić information content (AvgIpc) is 2.76. The van der Waals surface area contributed by atoms with E-state index in [1.54, 1.807) is 0 Å². The van der Waals surface area contributed by atoms with Crippen molar-refractivity contribution in [1.82, 2.24) is 4.90 Å². The number of carbonyl (C=O) groups excluding carboxylic acids is 2. The summed E-state index contributed by atoms with van der Waals surface area (Å²) in [5.74, 6) is 0.262. The maximum atomic E-state index is 11.9. The van der Waals surface area contributed by atoms with Crippen LogP contribution in [-0.4, -0.2) is 36.5 Å². The van der Waals surface area contributed by atoms with E-state index in [9.17, 15) is 9.59 Å². The van der Waals surface area contributed by atoms with E-state index in [0.717, 1.165) is 38.8 Å². The molecule has 0 unspecified atom stereocenters. The second-order valence-electron chi connectivity index (χ2n) is 5.81. The first-order valence-electron chi connectivity index (χ1n) is 7.69. The molecule has 0 radical (unpaired) electrons. The van der Waals surface area contributed by atoms with E-state index in [2.05, 4.69) is 0 Å². The maximum absolute atomic E-state index is 11.9. The highest BCUT2D eigenvalue weighted by Gasteiger charge is 2.21. The molecule has 0 bridgehead atoms. The smallest absolute Gasteiger partial charge is 0.306 e. The highest BCUT2D eigenvalue weighted by molar-refractivity contribution is 5.80.